The summed E-state index contributed by atoms with van der Waals surface area (Å²) < 4.78 is 0. The molecule has 0 aromatic rings. The van der Waals surface area contributed by atoms with Gasteiger partial charge in [-0.3, -0.25) is 4.90 Å². The van der Waals surface area contributed by atoms with E-state index in [1.807, 2.05) is 0 Å². The summed E-state index contributed by atoms with van der Waals surface area (Å²) in [7, 11) is 0. The van der Waals surface area contributed by atoms with Crippen LogP contribution >= 0.6 is 0 Å². The first-order valence-electron chi connectivity index (χ1n) is 5.32. The minimum atomic E-state index is -0.292. The maximum absolute atomic E-state index is 9.40. The molecule has 14 heavy (non-hydrogen) atoms. The largest absolute Gasteiger partial charge is 0.393 e. The molecule has 2 saturated heterocycles. The smallest absolute Gasteiger partial charge is 0.122 e. The Balaban J connectivity index is 2.02. The Hall–Kier alpha value is -0.630. The van der Waals surface area contributed by atoms with E-state index in [2.05, 4.69) is 16.3 Å². The predicted molar refractivity (Wildman–Crippen MR) is 52.6 cm³/mol. The van der Waals surface area contributed by atoms with Gasteiger partial charge in [-0.05, 0) is 25.8 Å². The molecule has 1 unspecified atom stereocenters. The van der Waals surface area contributed by atoms with Gasteiger partial charge in [-0.2, -0.15) is 5.26 Å². The minimum absolute atomic E-state index is 0.156. The van der Waals surface area contributed by atoms with E-state index in [0.29, 0.717) is 0 Å². The third-order valence-electron chi connectivity index (χ3n) is 3.41. The Morgan fingerprint density at radius 1 is 1.43 bits per heavy atom. The van der Waals surface area contributed by atoms with E-state index in [0.717, 1.165) is 45.4 Å². The summed E-state index contributed by atoms with van der Waals surface area (Å²) >= 11 is 0. The number of nitrogens with one attached hydrogen (secondary N) is 1. The molecule has 2 N–H and O–H groups in total. The number of nitrogens with zero attached hydrogens (tertiary/aromatic N) is 2. The Morgan fingerprint density at radius 2 is 2.14 bits per heavy atom. The Bertz CT molecular complexity index is 234. The fourth-order valence-corrected chi connectivity index (χ4v) is 2.41. The zero-order valence-electron chi connectivity index (χ0n) is 8.37. The molecule has 2 heterocycles. The number of aliphatic hydroxyl groups is 1. The molecule has 0 amide bonds. The third-order valence-corrected chi connectivity index (χ3v) is 3.41. The lowest BCUT2D eigenvalue weighted by molar-refractivity contribution is 0.0446. The molecule has 2 aliphatic rings. The number of rotatable bonds is 1. The normalized spacial score (nSPS) is 35.7. The van der Waals surface area contributed by atoms with Crippen LogP contribution in [0.25, 0.3) is 0 Å². The van der Waals surface area contributed by atoms with Crippen molar-refractivity contribution in [2.45, 2.75) is 30.9 Å². The summed E-state index contributed by atoms with van der Waals surface area (Å²) in [4.78, 5) is 2.24. The van der Waals surface area contributed by atoms with Crippen LogP contribution in [0, 0.1) is 11.3 Å². The zero-order valence-corrected chi connectivity index (χ0v) is 8.37. The molecule has 0 radical (unpaired) electrons. The SMILES string of the molecule is N#CC1(N2CCC(O)CC2)CCNC1. The summed E-state index contributed by atoms with van der Waals surface area (Å²) in [6.45, 7) is 3.43. The fraction of sp³-hybridized carbons (Fsp3) is 0.900. The van der Waals surface area contributed by atoms with E-state index in [4.69, 9.17) is 0 Å². The minimum Gasteiger partial charge on any atom is -0.393 e. The average molecular weight is 195 g/mol. The molecule has 4 nitrogen and oxygen atoms in total. The van der Waals surface area contributed by atoms with Gasteiger partial charge in [0.25, 0.3) is 0 Å². The van der Waals surface area contributed by atoms with Gasteiger partial charge < -0.3 is 10.4 Å². The van der Waals surface area contributed by atoms with Crippen LogP contribution in [0.15, 0.2) is 0 Å². The first-order chi connectivity index (χ1) is 6.77. The molecule has 0 saturated carbocycles. The monoisotopic (exact) mass is 195 g/mol. The van der Waals surface area contributed by atoms with Gasteiger partial charge in [-0.25, -0.2) is 0 Å². The molecule has 0 aliphatic carbocycles. The van der Waals surface area contributed by atoms with Gasteiger partial charge in [0.05, 0.1) is 12.2 Å². The summed E-state index contributed by atoms with van der Waals surface area (Å²) in [5, 5.41) is 21.9. The summed E-state index contributed by atoms with van der Waals surface area (Å²) in [5.74, 6) is 0. The molecule has 0 bridgehead atoms. The number of piperidine rings is 1. The first-order valence-corrected chi connectivity index (χ1v) is 5.32. The van der Waals surface area contributed by atoms with E-state index >= 15 is 0 Å². The molecule has 2 rings (SSSR count). The first kappa shape index (κ1) is 9.91. The standard InChI is InChI=1S/C10H17N3O/c11-7-10(3-4-12-8-10)13-5-1-9(14)2-6-13/h9,12,14H,1-6,8H2. The maximum atomic E-state index is 9.40. The van der Waals surface area contributed by atoms with Crippen molar-refractivity contribution in [3.8, 4) is 6.07 Å². The lowest BCUT2D eigenvalue weighted by atomic mass is 9.94. The number of hydrogen-bond acceptors (Lipinski definition) is 4. The second kappa shape index (κ2) is 3.85. The molecule has 0 aromatic heterocycles. The lowest BCUT2D eigenvalue weighted by Crippen LogP contribution is -2.53. The summed E-state index contributed by atoms with van der Waals surface area (Å²) in [6.07, 6.45) is 2.38. The molecule has 2 aliphatic heterocycles. The van der Waals surface area contributed by atoms with Gasteiger partial charge in [0.2, 0.25) is 0 Å². The van der Waals surface area contributed by atoms with E-state index in [9.17, 15) is 10.4 Å². The molecular weight excluding hydrogens is 178 g/mol. The topological polar surface area (TPSA) is 59.3 Å². The van der Waals surface area contributed by atoms with Crippen LogP contribution in [0.3, 0.4) is 0 Å². The molecule has 2 fully saturated rings. The van der Waals surface area contributed by atoms with Crippen molar-refractivity contribution in [3.05, 3.63) is 0 Å². The second-order valence-corrected chi connectivity index (χ2v) is 4.29. The quantitative estimate of drug-likeness (QED) is 0.603. The summed E-state index contributed by atoms with van der Waals surface area (Å²) in [6, 6.07) is 2.44. The van der Waals surface area contributed by atoms with E-state index in [-0.39, 0.29) is 11.6 Å². The van der Waals surface area contributed by atoms with Crippen molar-refractivity contribution >= 4 is 0 Å². The van der Waals surface area contributed by atoms with Gasteiger partial charge in [0.15, 0.2) is 0 Å². The Morgan fingerprint density at radius 3 is 2.64 bits per heavy atom. The fourth-order valence-electron chi connectivity index (χ4n) is 2.41. The highest BCUT2D eigenvalue weighted by Crippen LogP contribution is 2.26. The molecule has 78 valence electrons. The number of nitriles is 1. The predicted octanol–water partition coefficient (Wildman–Crippen LogP) is -0.301. The van der Waals surface area contributed by atoms with Crippen LogP contribution in [0.2, 0.25) is 0 Å². The van der Waals surface area contributed by atoms with Crippen molar-refractivity contribution in [2.24, 2.45) is 0 Å². The van der Waals surface area contributed by atoms with Gasteiger partial charge in [0, 0.05) is 19.6 Å². The molecule has 1 atom stereocenters. The molecule has 4 heteroatoms. The van der Waals surface area contributed by atoms with Crippen molar-refractivity contribution < 1.29 is 5.11 Å². The van der Waals surface area contributed by atoms with Crippen molar-refractivity contribution in [3.63, 3.8) is 0 Å². The highest BCUT2D eigenvalue weighted by molar-refractivity contribution is 5.13. The van der Waals surface area contributed by atoms with Crippen LogP contribution in [0.1, 0.15) is 19.3 Å². The van der Waals surface area contributed by atoms with Gasteiger partial charge in [0.1, 0.15) is 5.54 Å². The number of likely N-dealkylation sites (tertiary alicyclic amines) is 1. The second-order valence-electron chi connectivity index (χ2n) is 4.29. The molecule has 0 spiro atoms. The van der Waals surface area contributed by atoms with Crippen molar-refractivity contribution in [2.75, 3.05) is 26.2 Å². The third kappa shape index (κ3) is 1.63. The highest BCUT2D eigenvalue weighted by Gasteiger charge is 2.41. The van der Waals surface area contributed by atoms with Crippen LogP contribution in [0.5, 0.6) is 0 Å². The van der Waals surface area contributed by atoms with Crippen LogP contribution in [0.4, 0.5) is 0 Å². The van der Waals surface area contributed by atoms with Crippen LogP contribution < -0.4 is 5.32 Å². The lowest BCUT2D eigenvalue weighted by Gasteiger charge is -2.39. The Labute approximate surface area is 84.5 Å². The van der Waals surface area contributed by atoms with Crippen molar-refractivity contribution in [1.82, 2.24) is 10.2 Å². The van der Waals surface area contributed by atoms with Crippen LogP contribution in [-0.4, -0.2) is 47.8 Å². The van der Waals surface area contributed by atoms with Gasteiger partial charge >= 0.3 is 0 Å². The summed E-state index contributed by atoms with van der Waals surface area (Å²) in [5.41, 5.74) is -0.292. The number of aliphatic hydroxyl groups excluding tert-OH is 1. The molecular formula is C10H17N3O. The zero-order chi connectivity index (χ0) is 10.0. The van der Waals surface area contributed by atoms with Gasteiger partial charge in [-0.15, -0.1) is 0 Å². The number of hydrogen-bond donors (Lipinski definition) is 2. The van der Waals surface area contributed by atoms with Crippen LogP contribution in [-0.2, 0) is 0 Å². The Kier molecular flexibility index (Phi) is 2.73. The van der Waals surface area contributed by atoms with E-state index < -0.39 is 0 Å². The molecule has 0 aromatic carbocycles. The van der Waals surface area contributed by atoms with Gasteiger partial charge in [-0.1, -0.05) is 0 Å². The van der Waals surface area contributed by atoms with E-state index in [1.54, 1.807) is 0 Å². The average Bonchev–Trinajstić information content (AvgIpc) is 2.68. The maximum Gasteiger partial charge on any atom is 0.122 e. The highest BCUT2D eigenvalue weighted by atomic mass is 16.3. The van der Waals surface area contributed by atoms with E-state index in [1.165, 1.54) is 0 Å². The van der Waals surface area contributed by atoms with Crippen molar-refractivity contribution in [1.29, 1.82) is 5.26 Å².